The standard InChI is InChI=1S/C15H24N4O3S/c1-5-11-13(23-10(2)17-11)8-16-15(21)19-6-7-22-12(9-19)14(20)18(3)4/h12H,5-9H2,1-4H3,(H,16,21). The molecule has 0 bridgehead atoms. The molecule has 1 aliphatic rings. The van der Waals surface area contributed by atoms with E-state index in [1.165, 1.54) is 4.90 Å². The maximum absolute atomic E-state index is 12.3. The van der Waals surface area contributed by atoms with Crippen molar-refractivity contribution in [2.75, 3.05) is 33.8 Å². The normalized spacial score (nSPS) is 17.9. The number of nitrogens with zero attached hydrogens (tertiary/aromatic N) is 3. The number of carbonyl (C=O) groups excluding carboxylic acids is 2. The molecule has 1 aliphatic heterocycles. The van der Waals surface area contributed by atoms with Gasteiger partial charge in [-0.05, 0) is 13.3 Å². The largest absolute Gasteiger partial charge is 0.365 e. The molecule has 7 nitrogen and oxygen atoms in total. The van der Waals surface area contributed by atoms with Crippen molar-refractivity contribution in [2.24, 2.45) is 0 Å². The summed E-state index contributed by atoms with van der Waals surface area (Å²) in [5.74, 6) is -0.117. The zero-order chi connectivity index (χ0) is 17.0. The Kier molecular flexibility index (Phi) is 5.95. The van der Waals surface area contributed by atoms with Crippen molar-refractivity contribution in [3.63, 3.8) is 0 Å². The molecule has 1 N–H and O–H groups in total. The number of morpholine rings is 1. The van der Waals surface area contributed by atoms with Crippen molar-refractivity contribution in [3.05, 3.63) is 15.6 Å². The monoisotopic (exact) mass is 340 g/mol. The van der Waals surface area contributed by atoms with E-state index < -0.39 is 6.10 Å². The molecule has 1 aromatic heterocycles. The van der Waals surface area contributed by atoms with Gasteiger partial charge < -0.3 is 19.9 Å². The summed E-state index contributed by atoms with van der Waals surface area (Å²) >= 11 is 1.61. The zero-order valence-corrected chi connectivity index (χ0v) is 14.9. The zero-order valence-electron chi connectivity index (χ0n) is 14.1. The minimum Gasteiger partial charge on any atom is -0.365 e. The number of amides is 3. The molecule has 128 valence electrons. The molecule has 1 fully saturated rings. The lowest BCUT2D eigenvalue weighted by Gasteiger charge is -2.33. The van der Waals surface area contributed by atoms with Crippen LogP contribution < -0.4 is 5.32 Å². The van der Waals surface area contributed by atoms with Crippen molar-refractivity contribution < 1.29 is 14.3 Å². The molecule has 1 atom stereocenters. The third-order valence-corrected chi connectivity index (χ3v) is 4.70. The van der Waals surface area contributed by atoms with Gasteiger partial charge in [0, 0.05) is 25.5 Å². The first-order chi connectivity index (χ1) is 10.9. The number of nitrogens with one attached hydrogen (secondary N) is 1. The summed E-state index contributed by atoms with van der Waals surface area (Å²) in [6, 6.07) is -0.169. The number of likely N-dealkylation sites (N-methyl/N-ethyl adjacent to an activating group) is 1. The fraction of sp³-hybridized carbons (Fsp3) is 0.667. The molecule has 3 amide bonds. The van der Waals surface area contributed by atoms with Gasteiger partial charge in [0.2, 0.25) is 0 Å². The van der Waals surface area contributed by atoms with Crippen LogP contribution in [0.4, 0.5) is 4.79 Å². The molecule has 8 heteroatoms. The van der Waals surface area contributed by atoms with Crippen molar-refractivity contribution in [1.29, 1.82) is 0 Å². The Bertz CT molecular complexity index is 573. The molecule has 1 aromatic rings. The topological polar surface area (TPSA) is 74.8 Å². The molecule has 1 unspecified atom stereocenters. The first-order valence-electron chi connectivity index (χ1n) is 7.73. The van der Waals surface area contributed by atoms with E-state index in [2.05, 4.69) is 17.2 Å². The fourth-order valence-electron chi connectivity index (χ4n) is 2.47. The van der Waals surface area contributed by atoms with E-state index in [0.29, 0.717) is 19.7 Å². The van der Waals surface area contributed by atoms with Crippen LogP contribution in [0.25, 0.3) is 0 Å². The number of aryl methyl sites for hydroxylation is 2. The number of rotatable bonds is 4. The van der Waals surface area contributed by atoms with Gasteiger partial charge in [0.05, 0.1) is 30.4 Å². The van der Waals surface area contributed by atoms with Crippen LogP contribution in [0.15, 0.2) is 0 Å². The van der Waals surface area contributed by atoms with Crippen LogP contribution in [-0.2, 0) is 22.5 Å². The van der Waals surface area contributed by atoms with Gasteiger partial charge in [-0.15, -0.1) is 11.3 Å². The number of carbonyl (C=O) groups is 2. The second-order valence-corrected chi connectivity index (χ2v) is 6.94. The van der Waals surface area contributed by atoms with Gasteiger partial charge in [0.25, 0.3) is 5.91 Å². The number of urea groups is 1. The smallest absolute Gasteiger partial charge is 0.317 e. The minimum absolute atomic E-state index is 0.117. The van der Waals surface area contributed by atoms with Gasteiger partial charge in [-0.3, -0.25) is 4.79 Å². The lowest BCUT2D eigenvalue weighted by molar-refractivity contribution is -0.145. The highest BCUT2D eigenvalue weighted by atomic mass is 32.1. The molecule has 2 heterocycles. The Morgan fingerprint density at radius 3 is 2.87 bits per heavy atom. The average Bonchev–Trinajstić information content (AvgIpc) is 2.91. The predicted octanol–water partition coefficient (Wildman–Crippen LogP) is 1.01. The molecular weight excluding hydrogens is 316 g/mol. The van der Waals surface area contributed by atoms with Crippen LogP contribution in [0.3, 0.4) is 0 Å². The van der Waals surface area contributed by atoms with Gasteiger partial charge in [-0.1, -0.05) is 6.92 Å². The second kappa shape index (κ2) is 7.74. The van der Waals surface area contributed by atoms with Crippen LogP contribution in [0.1, 0.15) is 22.5 Å². The first-order valence-corrected chi connectivity index (χ1v) is 8.54. The van der Waals surface area contributed by atoms with E-state index in [1.807, 2.05) is 6.92 Å². The van der Waals surface area contributed by atoms with Crippen LogP contribution >= 0.6 is 11.3 Å². The quantitative estimate of drug-likeness (QED) is 0.888. The maximum atomic E-state index is 12.3. The molecule has 0 saturated carbocycles. The Morgan fingerprint density at radius 2 is 2.22 bits per heavy atom. The van der Waals surface area contributed by atoms with Gasteiger partial charge in [0.1, 0.15) is 0 Å². The summed E-state index contributed by atoms with van der Waals surface area (Å²) in [5, 5.41) is 3.93. The van der Waals surface area contributed by atoms with E-state index in [0.717, 1.165) is 22.0 Å². The van der Waals surface area contributed by atoms with E-state index >= 15 is 0 Å². The summed E-state index contributed by atoms with van der Waals surface area (Å²) < 4.78 is 5.46. The minimum atomic E-state index is -0.582. The van der Waals surface area contributed by atoms with Crippen molar-refractivity contribution >= 4 is 23.3 Å². The Morgan fingerprint density at radius 1 is 1.48 bits per heavy atom. The third-order valence-electron chi connectivity index (χ3n) is 3.69. The summed E-state index contributed by atoms with van der Waals surface area (Å²) in [5.41, 5.74) is 1.04. The molecule has 23 heavy (non-hydrogen) atoms. The number of hydrogen-bond donors (Lipinski definition) is 1. The van der Waals surface area contributed by atoms with Crippen LogP contribution in [0, 0.1) is 6.92 Å². The van der Waals surface area contributed by atoms with Crippen LogP contribution in [-0.4, -0.2) is 66.6 Å². The lowest BCUT2D eigenvalue weighted by Crippen LogP contribution is -2.53. The summed E-state index contributed by atoms with van der Waals surface area (Å²) in [4.78, 5) is 33.0. The van der Waals surface area contributed by atoms with E-state index in [-0.39, 0.29) is 18.5 Å². The molecule has 0 aromatic carbocycles. The summed E-state index contributed by atoms with van der Waals surface area (Å²) in [6.45, 7) is 5.64. The second-order valence-electron chi connectivity index (χ2n) is 5.65. The van der Waals surface area contributed by atoms with Gasteiger partial charge >= 0.3 is 6.03 Å². The maximum Gasteiger partial charge on any atom is 0.317 e. The van der Waals surface area contributed by atoms with E-state index in [9.17, 15) is 9.59 Å². The number of thiazole rings is 1. The molecule has 2 rings (SSSR count). The first kappa shape index (κ1) is 17.7. The molecule has 1 saturated heterocycles. The predicted molar refractivity (Wildman–Crippen MR) is 88.5 cm³/mol. The van der Waals surface area contributed by atoms with Crippen LogP contribution in [0.2, 0.25) is 0 Å². The van der Waals surface area contributed by atoms with Crippen LogP contribution in [0.5, 0.6) is 0 Å². The van der Waals surface area contributed by atoms with Crippen molar-refractivity contribution in [2.45, 2.75) is 32.9 Å². The number of aromatic nitrogens is 1. The van der Waals surface area contributed by atoms with Gasteiger partial charge in [0.15, 0.2) is 6.10 Å². The Hall–Kier alpha value is -1.67. The lowest BCUT2D eigenvalue weighted by atomic mass is 10.2. The van der Waals surface area contributed by atoms with Crippen molar-refractivity contribution in [3.8, 4) is 0 Å². The Balaban J connectivity index is 1.91. The highest BCUT2D eigenvalue weighted by molar-refractivity contribution is 7.11. The number of ether oxygens (including phenoxy) is 1. The highest BCUT2D eigenvalue weighted by Gasteiger charge is 2.30. The summed E-state index contributed by atoms with van der Waals surface area (Å²) in [6.07, 6.45) is 0.272. The average molecular weight is 340 g/mol. The fourth-order valence-corrected chi connectivity index (χ4v) is 3.43. The highest BCUT2D eigenvalue weighted by Crippen LogP contribution is 2.18. The van der Waals surface area contributed by atoms with Crippen molar-refractivity contribution in [1.82, 2.24) is 20.1 Å². The number of hydrogen-bond acceptors (Lipinski definition) is 5. The summed E-state index contributed by atoms with van der Waals surface area (Å²) in [7, 11) is 3.37. The molecule has 0 spiro atoms. The molecule has 0 radical (unpaired) electrons. The van der Waals surface area contributed by atoms with E-state index in [1.54, 1.807) is 30.3 Å². The molecular formula is C15H24N4O3S. The Labute approximate surface area is 140 Å². The SMILES string of the molecule is CCc1nc(C)sc1CNC(=O)N1CCOC(C(=O)N(C)C)C1. The van der Waals surface area contributed by atoms with E-state index in [4.69, 9.17) is 4.74 Å². The third kappa shape index (κ3) is 4.42. The molecule has 0 aliphatic carbocycles. The van der Waals surface area contributed by atoms with Gasteiger partial charge in [-0.25, -0.2) is 9.78 Å². The van der Waals surface area contributed by atoms with Gasteiger partial charge in [-0.2, -0.15) is 0 Å².